The lowest BCUT2D eigenvalue weighted by Gasteiger charge is -2.32. The summed E-state index contributed by atoms with van der Waals surface area (Å²) < 4.78 is 6.63. The van der Waals surface area contributed by atoms with Crippen molar-refractivity contribution < 1.29 is 4.74 Å². The SMILES string of the molecule is COC1CCCCC1Nc1cccc2cc(Br)cnc12. The monoisotopic (exact) mass is 334 g/mol. The number of anilines is 1. The number of para-hydroxylation sites is 1. The van der Waals surface area contributed by atoms with Gasteiger partial charge in [0.1, 0.15) is 0 Å². The smallest absolute Gasteiger partial charge is 0.0934 e. The number of fused-ring (bicyclic) bond motifs is 1. The summed E-state index contributed by atoms with van der Waals surface area (Å²) in [6, 6.07) is 8.74. The van der Waals surface area contributed by atoms with Gasteiger partial charge in [0.25, 0.3) is 0 Å². The first kappa shape index (κ1) is 13.8. The third-order valence-corrected chi connectivity index (χ3v) is 4.46. The van der Waals surface area contributed by atoms with Crippen LogP contribution in [0.3, 0.4) is 0 Å². The van der Waals surface area contributed by atoms with Crippen LogP contribution in [0, 0.1) is 0 Å². The molecule has 1 aromatic heterocycles. The molecular weight excluding hydrogens is 316 g/mol. The van der Waals surface area contributed by atoms with E-state index in [9.17, 15) is 0 Å². The van der Waals surface area contributed by atoms with E-state index in [1.54, 1.807) is 0 Å². The van der Waals surface area contributed by atoms with Crippen LogP contribution in [0.15, 0.2) is 34.9 Å². The summed E-state index contributed by atoms with van der Waals surface area (Å²) in [5.41, 5.74) is 2.13. The van der Waals surface area contributed by atoms with Gasteiger partial charge < -0.3 is 10.1 Å². The number of nitrogens with zero attached hydrogens (tertiary/aromatic N) is 1. The van der Waals surface area contributed by atoms with Crippen molar-refractivity contribution in [2.75, 3.05) is 12.4 Å². The first-order valence-corrected chi connectivity index (χ1v) is 7.91. The molecule has 0 amide bonds. The van der Waals surface area contributed by atoms with Crippen molar-refractivity contribution in [3.8, 4) is 0 Å². The fourth-order valence-electron chi connectivity index (χ4n) is 2.99. The molecule has 1 fully saturated rings. The Kier molecular flexibility index (Phi) is 4.22. The Morgan fingerprint density at radius 3 is 3.00 bits per heavy atom. The topological polar surface area (TPSA) is 34.1 Å². The zero-order valence-electron chi connectivity index (χ0n) is 11.6. The number of methoxy groups -OCH3 is 1. The molecule has 0 saturated heterocycles. The molecule has 0 aliphatic heterocycles. The maximum Gasteiger partial charge on any atom is 0.0934 e. The Hall–Kier alpha value is -1.13. The molecule has 1 aromatic carbocycles. The molecule has 20 heavy (non-hydrogen) atoms. The summed E-state index contributed by atoms with van der Waals surface area (Å²) in [7, 11) is 1.81. The van der Waals surface area contributed by atoms with Gasteiger partial charge in [0.05, 0.1) is 23.3 Å². The second-order valence-corrected chi connectivity index (χ2v) is 6.26. The van der Waals surface area contributed by atoms with Gasteiger partial charge in [-0.15, -0.1) is 0 Å². The lowest BCUT2D eigenvalue weighted by atomic mass is 9.92. The molecular formula is C16H19BrN2O. The van der Waals surface area contributed by atoms with Crippen molar-refractivity contribution in [2.45, 2.75) is 37.8 Å². The minimum atomic E-state index is 0.300. The van der Waals surface area contributed by atoms with Gasteiger partial charge in [0.15, 0.2) is 0 Å². The lowest BCUT2D eigenvalue weighted by molar-refractivity contribution is 0.0606. The fourth-order valence-corrected chi connectivity index (χ4v) is 3.34. The zero-order valence-corrected chi connectivity index (χ0v) is 13.2. The van der Waals surface area contributed by atoms with E-state index in [0.717, 1.165) is 33.9 Å². The maximum absolute atomic E-state index is 5.62. The van der Waals surface area contributed by atoms with E-state index < -0.39 is 0 Å². The number of rotatable bonds is 3. The summed E-state index contributed by atoms with van der Waals surface area (Å²) in [6.07, 6.45) is 6.97. The van der Waals surface area contributed by atoms with Crippen LogP contribution in [0.5, 0.6) is 0 Å². The van der Waals surface area contributed by atoms with Gasteiger partial charge in [-0.3, -0.25) is 4.98 Å². The normalized spacial score (nSPS) is 22.9. The van der Waals surface area contributed by atoms with Gasteiger partial charge in [-0.2, -0.15) is 0 Å². The Morgan fingerprint density at radius 1 is 1.30 bits per heavy atom. The standard InChI is InChI=1S/C16H19BrN2O/c1-20-15-8-3-2-6-13(15)19-14-7-4-5-11-9-12(17)10-18-16(11)14/h4-5,7,9-10,13,15,19H,2-3,6,8H2,1H3. The summed E-state index contributed by atoms with van der Waals surface area (Å²) in [5, 5.41) is 4.79. The molecule has 2 unspecified atom stereocenters. The van der Waals surface area contributed by atoms with E-state index in [2.05, 4.69) is 50.5 Å². The molecule has 1 aliphatic rings. The zero-order chi connectivity index (χ0) is 13.9. The Balaban J connectivity index is 1.90. The number of benzene rings is 1. The first-order valence-electron chi connectivity index (χ1n) is 7.11. The van der Waals surface area contributed by atoms with Crippen molar-refractivity contribution in [1.82, 2.24) is 4.98 Å². The average Bonchev–Trinajstić information content (AvgIpc) is 2.47. The van der Waals surface area contributed by atoms with Crippen molar-refractivity contribution in [2.24, 2.45) is 0 Å². The second kappa shape index (κ2) is 6.10. The van der Waals surface area contributed by atoms with Crippen molar-refractivity contribution in [1.29, 1.82) is 0 Å². The molecule has 1 N–H and O–H groups in total. The van der Waals surface area contributed by atoms with Crippen molar-refractivity contribution in [3.05, 3.63) is 34.9 Å². The summed E-state index contributed by atoms with van der Waals surface area (Å²) in [4.78, 5) is 4.55. The molecule has 0 spiro atoms. The highest BCUT2D eigenvalue weighted by Crippen LogP contribution is 2.28. The predicted octanol–water partition coefficient (Wildman–Crippen LogP) is 4.37. The van der Waals surface area contributed by atoms with E-state index in [1.807, 2.05) is 13.3 Å². The highest BCUT2D eigenvalue weighted by Gasteiger charge is 2.25. The lowest BCUT2D eigenvalue weighted by Crippen LogP contribution is -2.37. The number of aromatic nitrogens is 1. The molecule has 4 heteroatoms. The van der Waals surface area contributed by atoms with Crippen LogP contribution in [-0.4, -0.2) is 24.2 Å². The Morgan fingerprint density at radius 2 is 2.15 bits per heavy atom. The summed E-state index contributed by atoms with van der Waals surface area (Å²) >= 11 is 3.47. The Labute approximate surface area is 127 Å². The van der Waals surface area contributed by atoms with Crippen LogP contribution in [0.4, 0.5) is 5.69 Å². The molecule has 1 aliphatic carbocycles. The third-order valence-electron chi connectivity index (χ3n) is 4.02. The van der Waals surface area contributed by atoms with Crippen LogP contribution in [-0.2, 0) is 4.74 Å². The van der Waals surface area contributed by atoms with Crippen LogP contribution >= 0.6 is 15.9 Å². The van der Waals surface area contributed by atoms with E-state index in [1.165, 1.54) is 12.8 Å². The van der Waals surface area contributed by atoms with E-state index in [-0.39, 0.29) is 0 Å². The summed E-state index contributed by atoms with van der Waals surface area (Å²) in [6.45, 7) is 0. The number of hydrogen-bond donors (Lipinski definition) is 1. The molecule has 3 rings (SSSR count). The highest BCUT2D eigenvalue weighted by atomic mass is 79.9. The number of halogens is 1. The fraction of sp³-hybridized carbons (Fsp3) is 0.438. The maximum atomic E-state index is 5.62. The predicted molar refractivity (Wildman–Crippen MR) is 86.1 cm³/mol. The third kappa shape index (κ3) is 2.81. The van der Waals surface area contributed by atoms with Gasteiger partial charge in [-0.05, 0) is 40.9 Å². The number of hydrogen-bond acceptors (Lipinski definition) is 3. The van der Waals surface area contributed by atoms with Crippen LogP contribution in [0.25, 0.3) is 10.9 Å². The minimum Gasteiger partial charge on any atom is -0.379 e. The van der Waals surface area contributed by atoms with Crippen molar-refractivity contribution in [3.63, 3.8) is 0 Å². The minimum absolute atomic E-state index is 0.300. The molecule has 1 heterocycles. The number of ether oxygens (including phenoxy) is 1. The first-order chi connectivity index (χ1) is 9.78. The summed E-state index contributed by atoms with van der Waals surface area (Å²) in [5.74, 6) is 0. The highest BCUT2D eigenvalue weighted by molar-refractivity contribution is 9.10. The van der Waals surface area contributed by atoms with E-state index >= 15 is 0 Å². The molecule has 2 aromatic rings. The van der Waals surface area contributed by atoms with Gasteiger partial charge in [0.2, 0.25) is 0 Å². The molecule has 106 valence electrons. The quantitative estimate of drug-likeness (QED) is 0.905. The van der Waals surface area contributed by atoms with Gasteiger partial charge in [-0.1, -0.05) is 25.0 Å². The number of nitrogens with one attached hydrogen (secondary N) is 1. The molecule has 0 bridgehead atoms. The molecule has 1 saturated carbocycles. The second-order valence-electron chi connectivity index (χ2n) is 5.34. The molecule has 0 radical (unpaired) electrons. The van der Waals surface area contributed by atoms with Gasteiger partial charge in [0, 0.05) is 23.2 Å². The van der Waals surface area contributed by atoms with Crippen LogP contribution in [0.1, 0.15) is 25.7 Å². The molecule has 2 atom stereocenters. The average molecular weight is 335 g/mol. The molecule has 3 nitrogen and oxygen atoms in total. The van der Waals surface area contributed by atoms with Crippen molar-refractivity contribution >= 4 is 32.5 Å². The number of pyridine rings is 1. The Bertz CT molecular complexity index is 602. The van der Waals surface area contributed by atoms with Gasteiger partial charge >= 0.3 is 0 Å². The van der Waals surface area contributed by atoms with Crippen LogP contribution < -0.4 is 5.32 Å². The van der Waals surface area contributed by atoms with E-state index in [4.69, 9.17) is 4.74 Å². The van der Waals surface area contributed by atoms with E-state index in [0.29, 0.717) is 12.1 Å². The largest absolute Gasteiger partial charge is 0.379 e. The van der Waals surface area contributed by atoms with Crippen LogP contribution in [0.2, 0.25) is 0 Å². The van der Waals surface area contributed by atoms with Gasteiger partial charge in [-0.25, -0.2) is 0 Å².